The van der Waals surface area contributed by atoms with Gasteiger partial charge in [-0.2, -0.15) is 0 Å². The molecule has 0 saturated carbocycles. The van der Waals surface area contributed by atoms with Crippen molar-refractivity contribution >= 4 is 5.96 Å². The molecule has 0 radical (unpaired) electrons. The third-order valence-corrected chi connectivity index (χ3v) is 3.02. The van der Waals surface area contributed by atoms with Crippen LogP contribution < -0.4 is 20.1 Å². The van der Waals surface area contributed by atoms with Gasteiger partial charge in [0.1, 0.15) is 18.1 Å². The van der Waals surface area contributed by atoms with Crippen molar-refractivity contribution in [3.63, 3.8) is 0 Å². The van der Waals surface area contributed by atoms with Crippen LogP contribution >= 0.6 is 0 Å². The Bertz CT molecular complexity index is 432. The summed E-state index contributed by atoms with van der Waals surface area (Å²) >= 11 is 0. The van der Waals surface area contributed by atoms with Gasteiger partial charge in [-0.3, -0.25) is 4.99 Å². The van der Waals surface area contributed by atoms with E-state index in [0.717, 1.165) is 37.0 Å². The van der Waals surface area contributed by atoms with Gasteiger partial charge in [0.2, 0.25) is 0 Å². The number of benzene rings is 1. The molecule has 0 spiro atoms. The fourth-order valence-electron chi connectivity index (χ4n) is 1.83. The zero-order valence-corrected chi connectivity index (χ0v) is 14.1. The smallest absolute Gasteiger partial charge is 0.191 e. The normalized spacial score (nSPS) is 11.4. The second-order valence-electron chi connectivity index (χ2n) is 5.11. The van der Waals surface area contributed by atoms with Gasteiger partial charge in [-0.1, -0.05) is 0 Å². The summed E-state index contributed by atoms with van der Waals surface area (Å²) in [6, 6.07) is 7.56. The summed E-state index contributed by atoms with van der Waals surface area (Å²) in [4.78, 5) is 6.35. The van der Waals surface area contributed by atoms with Gasteiger partial charge in [0.05, 0.1) is 13.7 Å². The molecule has 0 aliphatic rings. The summed E-state index contributed by atoms with van der Waals surface area (Å²) in [6.45, 7) is 3.23. The minimum Gasteiger partial charge on any atom is -0.497 e. The van der Waals surface area contributed by atoms with Crippen molar-refractivity contribution in [1.29, 1.82) is 0 Å². The Kier molecular flexibility index (Phi) is 8.83. The molecule has 0 aliphatic heterocycles. The zero-order chi connectivity index (χ0) is 16.2. The van der Waals surface area contributed by atoms with E-state index in [0.29, 0.717) is 13.2 Å². The number of rotatable bonds is 9. The summed E-state index contributed by atoms with van der Waals surface area (Å²) in [5.74, 6) is 2.46. The van der Waals surface area contributed by atoms with Gasteiger partial charge in [0, 0.05) is 13.6 Å². The summed E-state index contributed by atoms with van der Waals surface area (Å²) in [6.07, 6.45) is 1.08. The second kappa shape index (κ2) is 10.7. The first-order chi connectivity index (χ1) is 10.7. The van der Waals surface area contributed by atoms with Gasteiger partial charge in [0.25, 0.3) is 0 Å². The molecular weight excluding hydrogens is 280 g/mol. The van der Waals surface area contributed by atoms with Gasteiger partial charge in [-0.15, -0.1) is 0 Å². The molecule has 124 valence electrons. The van der Waals surface area contributed by atoms with Crippen LogP contribution in [-0.4, -0.2) is 65.4 Å². The number of hydrogen-bond donors (Lipinski definition) is 2. The molecule has 0 bridgehead atoms. The van der Waals surface area contributed by atoms with E-state index in [1.807, 2.05) is 24.3 Å². The predicted molar refractivity (Wildman–Crippen MR) is 91.0 cm³/mol. The van der Waals surface area contributed by atoms with Gasteiger partial charge in [-0.25, -0.2) is 0 Å². The molecule has 6 nitrogen and oxygen atoms in total. The van der Waals surface area contributed by atoms with E-state index in [-0.39, 0.29) is 0 Å². The first-order valence-electron chi connectivity index (χ1n) is 7.52. The average Bonchev–Trinajstić information content (AvgIpc) is 2.53. The monoisotopic (exact) mass is 308 g/mol. The summed E-state index contributed by atoms with van der Waals surface area (Å²) in [5, 5.41) is 6.50. The van der Waals surface area contributed by atoms with E-state index in [1.165, 1.54) is 0 Å². The SMILES string of the molecule is CN=C(NCCCN(C)C)NCCOc1ccc(OC)cc1. The molecule has 0 aromatic heterocycles. The summed E-state index contributed by atoms with van der Waals surface area (Å²) in [7, 11) is 7.57. The van der Waals surface area contributed by atoms with E-state index in [4.69, 9.17) is 9.47 Å². The van der Waals surface area contributed by atoms with Crippen LogP contribution in [0, 0.1) is 0 Å². The highest BCUT2D eigenvalue weighted by molar-refractivity contribution is 5.79. The van der Waals surface area contributed by atoms with Crippen LogP contribution in [0.25, 0.3) is 0 Å². The van der Waals surface area contributed by atoms with E-state index in [2.05, 4.69) is 34.6 Å². The third-order valence-electron chi connectivity index (χ3n) is 3.02. The van der Waals surface area contributed by atoms with Crippen molar-refractivity contribution in [2.75, 3.05) is 54.5 Å². The molecule has 0 fully saturated rings. The topological polar surface area (TPSA) is 58.1 Å². The van der Waals surface area contributed by atoms with Gasteiger partial charge >= 0.3 is 0 Å². The van der Waals surface area contributed by atoms with Crippen molar-refractivity contribution in [2.24, 2.45) is 4.99 Å². The lowest BCUT2D eigenvalue weighted by atomic mass is 10.3. The Morgan fingerprint density at radius 1 is 1.09 bits per heavy atom. The summed E-state index contributed by atoms with van der Waals surface area (Å²) < 4.78 is 10.8. The number of nitrogens with zero attached hydrogens (tertiary/aromatic N) is 2. The predicted octanol–water partition coefficient (Wildman–Crippen LogP) is 1.19. The number of aliphatic imine (C=N–C) groups is 1. The lowest BCUT2D eigenvalue weighted by Crippen LogP contribution is -2.40. The van der Waals surface area contributed by atoms with Crippen molar-refractivity contribution in [3.8, 4) is 11.5 Å². The molecule has 22 heavy (non-hydrogen) atoms. The number of nitrogens with one attached hydrogen (secondary N) is 2. The van der Waals surface area contributed by atoms with E-state index in [1.54, 1.807) is 14.2 Å². The number of hydrogen-bond acceptors (Lipinski definition) is 4. The molecule has 1 aromatic rings. The highest BCUT2D eigenvalue weighted by atomic mass is 16.5. The number of methoxy groups -OCH3 is 1. The minimum absolute atomic E-state index is 0.574. The maximum Gasteiger partial charge on any atom is 0.191 e. The molecular formula is C16H28N4O2. The standard InChI is InChI=1S/C16H28N4O2/c1-17-16(18-10-5-12-20(2)3)19-11-13-22-15-8-6-14(21-4)7-9-15/h6-9H,5,10-13H2,1-4H3,(H2,17,18,19). The van der Waals surface area contributed by atoms with E-state index < -0.39 is 0 Å². The van der Waals surface area contributed by atoms with Crippen molar-refractivity contribution in [2.45, 2.75) is 6.42 Å². The van der Waals surface area contributed by atoms with E-state index >= 15 is 0 Å². The molecule has 0 amide bonds. The number of ether oxygens (including phenoxy) is 2. The molecule has 0 saturated heterocycles. The van der Waals surface area contributed by atoms with Gasteiger partial charge < -0.3 is 25.0 Å². The molecule has 6 heteroatoms. The van der Waals surface area contributed by atoms with Gasteiger partial charge in [-0.05, 0) is 51.3 Å². The van der Waals surface area contributed by atoms with Crippen LogP contribution in [0.2, 0.25) is 0 Å². The molecule has 0 heterocycles. The van der Waals surface area contributed by atoms with Crippen LogP contribution in [0.4, 0.5) is 0 Å². The quantitative estimate of drug-likeness (QED) is 0.408. The highest BCUT2D eigenvalue weighted by Crippen LogP contribution is 2.16. The molecule has 0 atom stereocenters. The molecule has 0 aliphatic carbocycles. The number of guanidine groups is 1. The van der Waals surface area contributed by atoms with Crippen LogP contribution in [-0.2, 0) is 0 Å². The van der Waals surface area contributed by atoms with Crippen molar-refractivity contribution in [1.82, 2.24) is 15.5 Å². The fraction of sp³-hybridized carbons (Fsp3) is 0.562. The molecule has 2 N–H and O–H groups in total. The van der Waals surface area contributed by atoms with Crippen molar-refractivity contribution in [3.05, 3.63) is 24.3 Å². The minimum atomic E-state index is 0.574. The lowest BCUT2D eigenvalue weighted by molar-refractivity contribution is 0.321. The van der Waals surface area contributed by atoms with Gasteiger partial charge in [0.15, 0.2) is 5.96 Å². The highest BCUT2D eigenvalue weighted by Gasteiger charge is 1.98. The Morgan fingerprint density at radius 3 is 2.32 bits per heavy atom. The Hall–Kier alpha value is -1.95. The lowest BCUT2D eigenvalue weighted by Gasteiger charge is -2.14. The first-order valence-corrected chi connectivity index (χ1v) is 7.52. The Morgan fingerprint density at radius 2 is 1.73 bits per heavy atom. The molecule has 1 rings (SSSR count). The Labute approximate surface area is 133 Å². The van der Waals surface area contributed by atoms with E-state index in [9.17, 15) is 0 Å². The summed E-state index contributed by atoms with van der Waals surface area (Å²) in [5.41, 5.74) is 0. The fourth-order valence-corrected chi connectivity index (χ4v) is 1.83. The second-order valence-corrected chi connectivity index (χ2v) is 5.11. The maximum absolute atomic E-state index is 5.65. The Balaban J connectivity index is 2.15. The molecule has 1 aromatic carbocycles. The maximum atomic E-state index is 5.65. The third kappa shape index (κ3) is 7.73. The van der Waals surface area contributed by atoms with Crippen LogP contribution in [0.5, 0.6) is 11.5 Å². The molecule has 0 unspecified atom stereocenters. The average molecular weight is 308 g/mol. The first kappa shape index (κ1) is 18.1. The zero-order valence-electron chi connectivity index (χ0n) is 14.1. The van der Waals surface area contributed by atoms with Crippen LogP contribution in [0.1, 0.15) is 6.42 Å². The van der Waals surface area contributed by atoms with Crippen LogP contribution in [0.3, 0.4) is 0 Å². The largest absolute Gasteiger partial charge is 0.497 e. The van der Waals surface area contributed by atoms with Crippen LogP contribution in [0.15, 0.2) is 29.3 Å². The van der Waals surface area contributed by atoms with Crippen molar-refractivity contribution < 1.29 is 9.47 Å².